The first kappa shape index (κ1) is 15.2. The number of rotatable bonds is 2. The molecular formula is C19H15FN4O2. The van der Waals surface area contributed by atoms with Gasteiger partial charge in [-0.3, -0.25) is 9.59 Å². The van der Waals surface area contributed by atoms with Gasteiger partial charge in [0.15, 0.2) is 12.1 Å². The lowest BCUT2D eigenvalue weighted by molar-refractivity contribution is -0.121. The van der Waals surface area contributed by atoms with Gasteiger partial charge in [0.25, 0.3) is 11.8 Å². The fourth-order valence-corrected chi connectivity index (χ4v) is 3.92. The Morgan fingerprint density at radius 3 is 2.46 bits per heavy atom. The Kier molecular flexibility index (Phi) is 3.19. The molecule has 2 aliphatic heterocycles. The molecule has 0 bridgehead atoms. The highest BCUT2D eigenvalue weighted by Crippen LogP contribution is 2.36. The number of hydrogen-bond acceptors (Lipinski definition) is 5. The van der Waals surface area contributed by atoms with E-state index in [1.807, 2.05) is 18.2 Å². The molecule has 2 heterocycles. The van der Waals surface area contributed by atoms with Gasteiger partial charge in [0.1, 0.15) is 5.82 Å². The fourth-order valence-electron chi connectivity index (χ4n) is 3.92. The molecule has 1 fully saturated rings. The average molecular weight is 350 g/mol. The number of amides is 2. The van der Waals surface area contributed by atoms with Crippen molar-refractivity contribution in [3.05, 3.63) is 59.4 Å². The first-order valence-electron chi connectivity index (χ1n) is 8.59. The Labute approximate surface area is 148 Å². The molecule has 3 aliphatic rings. The van der Waals surface area contributed by atoms with Crippen LogP contribution in [0.2, 0.25) is 0 Å². The third-order valence-corrected chi connectivity index (χ3v) is 5.21. The third-order valence-electron chi connectivity index (χ3n) is 5.21. The number of nitrogens with zero attached hydrogens (tertiary/aromatic N) is 4. The molecule has 26 heavy (non-hydrogen) atoms. The lowest BCUT2D eigenvalue weighted by Crippen LogP contribution is -2.39. The van der Waals surface area contributed by atoms with E-state index < -0.39 is 12.1 Å². The highest BCUT2D eigenvalue weighted by Gasteiger charge is 2.55. The van der Waals surface area contributed by atoms with Crippen LogP contribution in [0.1, 0.15) is 17.5 Å². The maximum atomic E-state index is 13.2. The van der Waals surface area contributed by atoms with Crippen LogP contribution in [0.4, 0.5) is 15.8 Å². The molecule has 7 heteroatoms. The average Bonchev–Trinajstić information content (AvgIpc) is 3.33. The highest BCUT2D eigenvalue weighted by atomic mass is 19.1. The van der Waals surface area contributed by atoms with Crippen molar-refractivity contribution in [2.45, 2.75) is 31.3 Å². The molecule has 0 unspecified atom stereocenters. The van der Waals surface area contributed by atoms with Crippen molar-refractivity contribution < 1.29 is 14.0 Å². The van der Waals surface area contributed by atoms with Crippen molar-refractivity contribution in [3.63, 3.8) is 0 Å². The largest absolute Gasteiger partial charge is 0.271 e. The van der Waals surface area contributed by atoms with Gasteiger partial charge in [0, 0.05) is 0 Å². The summed E-state index contributed by atoms with van der Waals surface area (Å²) in [6, 6.07) is 9.68. The minimum atomic E-state index is -0.860. The summed E-state index contributed by atoms with van der Waals surface area (Å²) in [5, 5.41) is 9.38. The van der Waals surface area contributed by atoms with Crippen LogP contribution in [0.15, 0.2) is 52.8 Å². The topological polar surface area (TPSA) is 65.3 Å². The lowest BCUT2D eigenvalue weighted by atomic mass is 10.1. The molecule has 6 nitrogen and oxygen atoms in total. The summed E-state index contributed by atoms with van der Waals surface area (Å²) < 4.78 is 13.2. The number of carbonyl (C=O) groups excluding carboxylic acids is 2. The lowest BCUT2D eigenvalue weighted by Gasteiger charge is -2.21. The van der Waals surface area contributed by atoms with Crippen LogP contribution in [0, 0.1) is 5.82 Å². The Morgan fingerprint density at radius 2 is 1.65 bits per heavy atom. The number of benzene rings is 2. The van der Waals surface area contributed by atoms with E-state index in [0.717, 1.165) is 19.3 Å². The molecule has 2 atom stereocenters. The van der Waals surface area contributed by atoms with Crippen LogP contribution in [-0.4, -0.2) is 23.9 Å². The Balaban J connectivity index is 1.50. The van der Waals surface area contributed by atoms with E-state index in [1.54, 1.807) is 0 Å². The van der Waals surface area contributed by atoms with Crippen molar-refractivity contribution in [2.24, 2.45) is 10.3 Å². The maximum absolute atomic E-state index is 13.2. The summed E-state index contributed by atoms with van der Waals surface area (Å²) in [4.78, 5) is 27.0. The summed E-state index contributed by atoms with van der Waals surface area (Å²) in [6.45, 7) is 0. The van der Waals surface area contributed by atoms with Crippen LogP contribution in [-0.2, 0) is 22.4 Å². The number of imide groups is 1. The molecular weight excluding hydrogens is 335 g/mol. The smallest absolute Gasteiger partial charge is 0.263 e. The van der Waals surface area contributed by atoms with Crippen molar-refractivity contribution in [3.8, 4) is 0 Å². The molecule has 5 rings (SSSR count). The summed E-state index contributed by atoms with van der Waals surface area (Å²) >= 11 is 0. The molecule has 130 valence electrons. The van der Waals surface area contributed by atoms with Crippen molar-refractivity contribution in [1.29, 1.82) is 0 Å². The van der Waals surface area contributed by atoms with Gasteiger partial charge < -0.3 is 0 Å². The van der Waals surface area contributed by atoms with E-state index >= 15 is 0 Å². The second-order valence-electron chi connectivity index (χ2n) is 6.73. The first-order chi connectivity index (χ1) is 12.6. The predicted octanol–water partition coefficient (Wildman–Crippen LogP) is 2.81. The minimum absolute atomic E-state index is 0.354. The van der Waals surface area contributed by atoms with Crippen LogP contribution in [0.5, 0.6) is 0 Å². The maximum Gasteiger partial charge on any atom is 0.263 e. The molecule has 0 aromatic heterocycles. The van der Waals surface area contributed by atoms with Crippen molar-refractivity contribution in [1.82, 2.24) is 0 Å². The van der Waals surface area contributed by atoms with Crippen molar-refractivity contribution >= 4 is 23.2 Å². The quantitative estimate of drug-likeness (QED) is 0.783. The van der Waals surface area contributed by atoms with E-state index in [1.165, 1.54) is 45.3 Å². The van der Waals surface area contributed by atoms with E-state index in [-0.39, 0.29) is 17.6 Å². The summed E-state index contributed by atoms with van der Waals surface area (Å²) in [5.41, 5.74) is 3.58. The normalized spacial score (nSPS) is 23.7. The number of anilines is 2. The highest BCUT2D eigenvalue weighted by molar-refractivity contribution is 6.26. The SMILES string of the molecule is O=C1[C@H]2N=NN(c3ccc(F)cc3)[C@@H]2C(=O)N1c1ccc2c(c1)CCC2. The van der Waals surface area contributed by atoms with Crippen LogP contribution in [0.3, 0.4) is 0 Å². The molecule has 0 spiro atoms. The number of fused-ring (bicyclic) bond motifs is 2. The molecule has 1 aliphatic carbocycles. The Hall–Kier alpha value is -3.09. The Morgan fingerprint density at radius 1 is 0.923 bits per heavy atom. The summed E-state index contributed by atoms with van der Waals surface area (Å²) in [6.07, 6.45) is 3.10. The van der Waals surface area contributed by atoms with E-state index in [2.05, 4.69) is 10.3 Å². The third kappa shape index (κ3) is 2.09. The number of carbonyl (C=O) groups is 2. The zero-order valence-electron chi connectivity index (χ0n) is 13.8. The number of aryl methyl sites for hydroxylation is 2. The molecule has 0 radical (unpaired) electrons. The minimum Gasteiger partial charge on any atom is -0.271 e. The Bertz CT molecular complexity index is 957. The zero-order valence-corrected chi connectivity index (χ0v) is 13.8. The predicted molar refractivity (Wildman–Crippen MR) is 92.3 cm³/mol. The number of halogens is 1. The second kappa shape index (κ2) is 5.45. The first-order valence-corrected chi connectivity index (χ1v) is 8.59. The van der Waals surface area contributed by atoms with E-state index in [4.69, 9.17) is 0 Å². The number of hydrogen-bond donors (Lipinski definition) is 0. The standard InChI is InChI=1S/C19H15FN4O2/c20-13-5-8-14(9-6-13)24-17-16(21-22-24)18(25)23(19(17)26)15-7-4-11-2-1-3-12(11)10-15/h4-10,16-17H,1-3H2/t16-,17-/m0/s1. The van der Waals surface area contributed by atoms with Crippen LogP contribution in [0.25, 0.3) is 0 Å². The van der Waals surface area contributed by atoms with Crippen LogP contribution >= 0.6 is 0 Å². The van der Waals surface area contributed by atoms with Gasteiger partial charge in [0.05, 0.1) is 11.4 Å². The van der Waals surface area contributed by atoms with Gasteiger partial charge >= 0.3 is 0 Å². The summed E-state index contributed by atoms with van der Waals surface area (Å²) in [5.74, 6) is -1.10. The summed E-state index contributed by atoms with van der Waals surface area (Å²) in [7, 11) is 0. The molecule has 0 saturated carbocycles. The van der Waals surface area contributed by atoms with Crippen LogP contribution < -0.4 is 9.91 Å². The molecule has 2 aromatic rings. The van der Waals surface area contributed by atoms with Gasteiger partial charge in [-0.15, -0.1) is 0 Å². The zero-order chi connectivity index (χ0) is 17.8. The van der Waals surface area contributed by atoms with Gasteiger partial charge in [-0.05, 0) is 66.8 Å². The van der Waals surface area contributed by atoms with Gasteiger partial charge in [0.2, 0.25) is 0 Å². The second-order valence-corrected chi connectivity index (χ2v) is 6.73. The van der Waals surface area contributed by atoms with Gasteiger partial charge in [-0.25, -0.2) is 14.3 Å². The molecule has 0 N–H and O–H groups in total. The fraction of sp³-hybridized carbons (Fsp3) is 0.263. The van der Waals surface area contributed by atoms with E-state index in [9.17, 15) is 14.0 Å². The van der Waals surface area contributed by atoms with Gasteiger partial charge in [-0.1, -0.05) is 11.3 Å². The van der Waals surface area contributed by atoms with Gasteiger partial charge in [-0.2, -0.15) is 5.11 Å². The van der Waals surface area contributed by atoms with E-state index in [0.29, 0.717) is 11.4 Å². The molecule has 1 saturated heterocycles. The monoisotopic (exact) mass is 350 g/mol. The van der Waals surface area contributed by atoms with Crippen molar-refractivity contribution in [2.75, 3.05) is 9.91 Å². The molecule has 2 amide bonds. The molecule has 2 aromatic carbocycles.